The highest BCUT2D eigenvalue weighted by Gasteiger charge is 2.07. The normalized spacial score (nSPS) is 10.7. The van der Waals surface area contributed by atoms with E-state index in [-0.39, 0.29) is 11.7 Å². The molecule has 0 fully saturated rings. The van der Waals surface area contributed by atoms with Crippen LogP contribution in [0.1, 0.15) is 23.0 Å². The summed E-state index contributed by atoms with van der Waals surface area (Å²) in [4.78, 5) is 26.8. The zero-order chi connectivity index (χ0) is 14.5. The van der Waals surface area contributed by atoms with Crippen LogP contribution in [0.15, 0.2) is 35.7 Å². The van der Waals surface area contributed by atoms with Crippen LogP contribution in [-0.2, 0) is 4.79 Å². The van der Waals surface area contributed by atoms with Crippen molar-refractivity contribution in [3.8, 4) is 0 Å². The molecular weight excluding hydrogens is 296 g/mol. The number of benzene rings is 1. The molecule has 0 saturated heterocycles. The van der Waals surface area contributed by atoms with Crippen molar-refractivity contribution in [2.75, 3.05) is 5.32 Å². The minimum atomic E-state index is -0.311. The van der Waals surface area contributed by atoms with Gasteiger partial charge < -0.3 is 0 Å². The van der Waals surface area contributed by atoms with Gasteiger partial charge in [0.2, 0.25) is 5.91 Å². The number of nitrogens with one attached hydrogen (secondary N) is 1. The second-order valence-corrected chi connectivity index (χ2v) is 5.27. The Balaban J connectivity index is 1.99. The fourth-order valence-electron chi connectivity index (χ4n) is 1.42. The highest BCUT2D eigenvalue weighted by molar-refractivity contribution is 7.14. The van der Waals surface area contributed by atoms with Gasteiger partial charge in [-0.05, 0) is 23.8 Å². The molecule has 0 aliphatic rings. The summed E-state index contributed by atoms with van der Waals surface area (Å²) in [7, 11) is 0. The van der Waals surface area contributed by atoms with E-state index in [4.69, 9.17) is 11.6 Å². The van der Waals surface area contributed by atoms with Crippen molar-refractivity contribution < 1.29 is 9.59 Å². The van der Waals surface area contributed by atoms with Gasteiger partial charge in [0, 0.05) is 23.4 Å². The molecule has 1 aromatic carbocycles. The van der Waals surface area contributed by atoms with E-state index in [0.717, 1.165) is 5.56 Å². The summed E-state index contributed by atoms with van der Waals surface area (Å²) in [5, 5.41) is 5.22. The van der Waals surface area contributed by atoms with Crippen molar-refractivity contribution in [3.63, 3.8) is 0 Å². The molecule has 20 heavy (non-hydrogen) atoms. The van der Waals surface area contributed by atoms with Gasteiger partial charge in [0.05, 0.1) is 0 Å². The molecule has 2 rings (SSSR count). The summed E-state index contributed by atoms with van der Waals surface area (Å²) in [6, 6.07) is 7.16. The third kappa shape index (κ3) is 4.01. The molecule has 1 amide bonds. The number of hydrogen-bond acceptors (Lipinski definition) is 4. The number of rotatable bonds is 4. The zero-order valence-corrected chi connectivity index (χ0v) is 12.2. The standard InChI is InChI=1S/C14H11ClN2O2S/c1-9(18)12-8-20-14(16-12)17-13(19)6-5-10-3-2-4-11(15)7-10/h2-8H,1H3,(H,16,17,19)/b6-5+. The number of aromatic nitrogens is 1. The van der Waals surface area contributed by atoms with Crippen molar-refractivity contribution >= 4 is 45.8 Å². The molecule has 102 valence electrons. The Morgan fingerprint density at radius 3 is 2.85 bits per heavy atom. The van der Waals surface area contributed by atoms with Gasteiger partial charge in [0.15, 0.2) is 10.9 Å². The first-order valence-electron chi connectivity index (χ1n) is 5.75. The fraction of sp³-hybridized carbons (Fsp3) is 0.0714. The number of carbonyl (C=O) groups excluding carboxylic acids is 2. The second kappa shape index (κ2) is 6.45. The lowest BCUT2D eigenvalue weighted by molar-refractivity contribution is -0.111. The van der Waals surface area contributed by atoms with Crippen LogP contribution in [0, 0.1) is 0 Å². The number of ketones is 1. The Kier molecular flexibility index (Phi) is 4.65. The van der Waals surface area contributed by atoms with E-state index >= 15 is 0 Å². The molecule has 0 spiro atoms. The third-order valence-corrected chi connectivity index (χ3v) is 3.36. The van der Waals surface area contributed by atoms with Crippen LogP contribution in [0.3, 0.4) is 0 Å². The maximum absolute atomic E-state index is 11.7. The highest BCUT2D eigenvalue weighted by atomic mass is 35.5. The number of anilines is 1. The lowest BCUT2D eigenvalue weighted by Gasteiger charge is -1.96. The Labute approximate surface area is 125 Å². The Hall–Kier alpha value is -1.98. The minimum absolute atomic E-state index is 0.129. The fourth-order valence-corrected chi connectivity index (χ4v) is 2.37. The van der Waals surface area contributed by atoms with E-state index in [1.807, 2.05) is 6.07 Å². The summed E-state index contributed by atoms with van der Waals surface area (Å²) < 4.78 is 0. The predicted molar refractivity (Wildman–Crippen MR) is 81.2 cm³/mol. The highest BCUT2D eigenvalue weighted by Crippen LogP contribution is 2.16. The van der Waals surface area contributed by atoms with E-state index in [2.05, 4.69) is 10.3 Å². The lowest BCUT2D eigenvalue weighted by atomic mass is 10.2. The Bertz CT molecular complexity index is 679. The SMILES string of the molecule is CC(=O)c1csc(NC(=O)/C=C/c2cccc(Cl)c2)n1. The Morgan fingerprint density at radius 1 is 1.40 bits per heavy atom. The van der Waals surface area contributed by atoms with Gasteiger partial charge in [-0.1, -0.05) is 23.7 Å². The number of hydrogen-bond donors (Lipinski definition) is 1. The number of carbonyl (C=O) groups is 2. The van der Waals surface area contributed by atoms with Crippen LogP contribution in [0.5, 0.6) is 0 Å². The molecule has 0 saturated carbocycles. The van der Waals surface area contributed by atoms with E-state index < -0.39 is 0 Å². The summed E-state index contributed by atoms with van der Waals surface area (Å²) in [6.45, 7) is 1.43. The first-order valence-corrected chi connectivity index (χ1v) is 7.01. The van der Waals surface area contributed by atoms with Crippen molar-refractivity contribution in [3.05, 3.63) is 52.0 Å². The van der Waals surface area contributed by atoms with Gasteiger partial charge in [-0.15, -0.1) is 11.3 Å². The van der Waals surface area contributed by atoms with E-state index in [1.165, 1.54) is 24.3 Å². The molecule has 0 unspecified atom stereocenters. The lowest BCUT2D eigenvalue weighted by Crippen LogP contribution is -2.07. The largest absolute Gasteiger partial charge is 0.298 e. The maximum atomic E-state index is 11.7. The maximum Gasteiger partial charge on any atom is 0.250 e. The number of halogens is 1. The van der Waals surface area contributed by atoms with Crippen LogP contribution in [0.25, 0.3) is 6.08 Å². The van der Waals surface area contributed by atoms with Crippen LogP contribution in [0.4, 0.5) is 5.13 Å². The van der Waals surface area contributed by atoms with E-state index in [0.29, 0.717) is 15.8 Å². The molecular formula is C14H11ClN2O2S. The van der Waals surface area contributed by atoms with Crippen LogP contribution >= 0.6 is 22.9 Å². The first kappa shape index (κ1) is 14.4. The summed E-state index contributed by atoms with van der Waals surface area (Å²) in [5.74, 6) is -0.439. The summed E-state index contributed by atoms with van der Waals surface area (Å²) in [6.07, 6.45) is 3.04. The topological polar surface area (TPSA) is 59.1 Å². The average Bonchev–Trinajstić information content (AvgIpc) is 2.85. The van der Waals surface area contributed by atoms with Gasteiger partial charge >= 0.3 is 0 Å². The van der Waals surface area contributed by atoms with Gasteiger partial charge in [0.1, 0.15) is 5.69 Å². The average molecular weight is 307 g/mol. The molecule has 1 N–H and O–H groups in total. The monoisotopic (exact) mass is 306 g/mol. The molecule has 4 nitrogen and oxygen atoms in total. The number of amides is 1. The van der Waals surface area contributed by atoms with Crippen molar-refractivity contribution in [2.24, 2.45) is 0 Å². The molecule has 0 atom stereocenters. The Morgan fingerprint density at radius 2 is 2.20 bits per heavy atom. The number of nitrogens with zero attached hydrogens (tertiary/aromatic N) is 1. The molecule has 0 aliphatic carbocycles. The van der Waals surface area contributed by atoms with Gasteiger partial charge in [-0.2, -0.15) is 0 Å². The molecule has 1 heterocycles. The van der Waals surface area contributed by atoms with E-state index in [1.54, 1.807) is 29.7 Å². The molecule has 1 aromatic heterocycles. The van der Waals surface area contributed by atoms with Crippen LogP contribution < -0.4 is 5.32 Å². The van der Waals surface area contributed by atoms with Crippen molar-refractivity contribution in [2.45, 2.75) is 6.92 Å². The van der Waals surface area contributed by atoms with Gasteiger partial charge in [0.25, 0.3) is 0 Å². The van der Waals surface area contributed by atoms with Crippen LogP contribution in [0.2, 0.25) is 5.02 Å². The molecule has 0 bridgehead atoms. The van der Waals surface area contributed by atoms with Crippen molar-refractivity contribution in [1.29, 1.82) is 0 Å². The third-order valence-electron chi connectivity index (χ3n) is 2.37. The molecule has 0 aliphatic heterocycles. The number of Topliss-reactive ketones (excluding diaryl/α,β-unsaturated/α-hetero) is 1. The van der Waals surface area contributed by atoms with Crippen molar-refractivity contribution in [1.82, 2.24) is 4.98 Å². The quantitative estimate of drug-likeness (QED) is 0.693. The van der Waals surface area contributed by atoms with Crippen LogP contribution in [-0.4, -0.2) is 16.7 Å². The number of thiazole rings is 1. The zero-order valence-electron chi connectivity index (χ0n) is 10.6. The second-order valence-electron chi connectivity index (χ2n) is 3.97. The molecule has 0 radical (unpaired) electrons. The predicted octanol–water partition coefficient (Wildman–Crippen LogP) is 3.65. The van der Waals surface area contributed by atoms with Gasteiger partial charge in [-0.25, -0.2) is 4.98 Å². The van der Waals surface area contributed by atoms with Gasteiger partial charge in [-0.3, -0.25) is 14.9 Å². The van der Waals surface area contributed by atoms with E-state index in [9.17, 15) is 9.59 Å². The first-order chi connectivity index (χ1) is 9.54. The smallest absolute Gasteiger partial charge is 0.250 e. The minimum Gasteiger partial charge on any atom is -0.298 e. The molecule has 2 aromatic rings. The molecule has 6 heteroatoms. The summed E-state index contributed by atoms with van der Waals surface area (Å²) >= 11 is 7.06. The summed E-state index contributed by atoms with van der Waals surface area (Å²) in [5.41, 5.74) is 1.18.